The first-order valence-electron chi connectivity index (χ1n) is 15.4. The van der Waals surface area contributed by atoms with Crippen LogP contribution in [0.4, 0.5) is 0 Å². The van der Waals surface area contributed by atoms with E-state index in [1.165, 1.54) is 4.90 Å². The van der Waals surface area contributed by atoms with Gasteiger partial charge < -0.3 is 29.6 Å². The molecule has 1 aromatic heterocycles. The number of aromatic nitrogens is 1. The van der Waals surface area contributed by atoms with Crippen molar-refractivity contribution in [3.8, 4) is 11.5 Å². The molecule has 6 rings (SSSR count). The Morgan fingerprint density at radius 3 is 2.48 bits per heavy atom. The van der Waals surface area contributed by atoms with Gasteiger partial charge in [-0.1, -0.05) is 24.3 Å². The third-order valence-corrected chi connectivity index (χ3v) is 8.68. The summed E-state index contributed by atoms with van der Waals surface area (Å²) in [5.41, 5.74) is 3.56. The topological polar surface area (TPSA) is 121 Å². The minimum atomic E-state index is -0.529. The molecule has 2 N–H and O–H groups in total. The van der Waals surface area contributed by atoms with Gasteiger partial charge in [0, 0.05) is 32.3 Å². The minimum Gasteiger partial charge on any atom is -0.457 e. The highest BCUT2D eigenvalue weighted by molar-refractivity contribution is 5.94. The molecular formula is C34H38N4O6. The molecule has 4 bridgehead atoms. The molecule has 1 fully saturated rings. The van der Waals surface area contributed by atoms with E-state index in [0.29, 0.717) is 30.9 Å². The van der Waals surface area contributed by atoms with E-state index in [1.54, 1.807) is 18.0 Å². The van der Waals surface area contributed by atoms with Gasteiger partial charge in [0.1, 0.15) is 17.1 Å². The number of likely N-dealkylation sites (tertiary alicyclic amines) is 1. The summed E-state index contributed by atoms with van der Waals surface area (Å²) in [5, 5.41) is 3.02. The lowest BCUT2D eigenvalue weighted by Gasteiger charge is -2.39. The molecule has 3 heterocycles. The van der Waals surface area contributed by atoms with Crippen molar-refractivity contribution in [2.24, 2.45) is 0 Å². The van der Waals surface area contributed by atoms with Crippen molar-refractivity contribution in [3.63, 3.8) is 0 Å². The molecule has 2 aliphatic heterocycles. The van der Waals surface area contributed by atoms with E-state index in [1.807, 2.05) is 48.5 Å². The summed E-state index contributed by atoms with van der Waals surface area (Å²) in [5.74, 6) is 0.503. The van der Waals surface area contributed by atoms with Gasteiger partial charge in [0.2, 0.25) is 11.8 Å². The molecule has 230 valence electrons. The van der Waals surface area contributed by atoms with E-state index in [0.717, 1.165) is 48.1 Å². The fourth-order valence-corrected chi connectivity index (χ4v) is 6.26. The summed E-state index contributed by atoms with van der Waals surface area (Å²) < 4.78 is 12.5. The van der Waals surface area contributed by atoms with Gasteiger partial charge in [0.25, 0.3) is 11.5 Å². The van der Waals surface area contributed by atoms with Crippen molar-refractivity contribution < 1.29 is 23.9 Å². The SMILES string of the molecule is CN1CC(=O)N[C@H]2CN(C(=O)c3cc4c([nH]c3=O)CCCC4)CC[C@H]2OCc2cccc(c2)Oc2cccc(c2)CCC1=O. The number of hydrogen-bond acceptors (Lipinski definition) is 6. The monoisotopic (exact) mass is 598 g/mol. The lowest BCUT2D eigenvalue weighted by molar-refractivity contribution is -0.135. The summed E-state index contributed by atoms with van der Waals surface area (Å²) >= 11 is 0. The summed E-state index contributed by atoms with van der Waals surface area (Å²) in [7, 11) is 1.61. The van der Waals surface area contributed by atoms with Crippen LogP contribution in [0.5, 0.6) is 11.5 Å². The number of amides is 3. The largest absolute Gasteiger partial charge is 0.457 e. The highest BCUT2D eigenvalue weighted by Gasteiger charge is 2.35. The Morgan fingerprint density at radius 2 is 1.66 bits per heavy atom. The fraction of sp³-hybridized carbons (Fsp3) is 0.412. The third kappa shape index (κ3) is 6.86. The van der Waals surface area contributed by atoms with Crippen LogP contribution >= 0.6 is 0 Å². The Morgan fingerprint density at radius 1 is 0.909 bits per heavy atom. The van der Waals surface area contributed by atoms with Gasteiger partial charge in [-0.05, 0) is 85.5 Å². The molecule has 10 heteroatoms. The molecular weight excluding hydrogens is 560 g/mol. The minimum absolute atomic E-state index is 0.119. The van der Waals surface area contributed by atoms with Gasteiger partial charge in [-0.3, -0.25) is 19.2 Å². The number of H-pyrrole nitrogens is 1. The van der Waals surface area contributed by atoms with Crippen LogP contribution in [0.25, 0.3) is 0 Å². The van der Waals surface area contributed by atoms with Crippen molar-refractivity contribution in [1.29, 1.82) is 0 Å². The number of rotatable bonds is 1. The van der Waals surface area contributed by atoms with Crippen LogP contribution in [0.3, 0.4) is 0 Å². The van der Waals surface area contributed by atoms with E-state index in [4.69, 9.17) is 9.47 Å². The van der Waals surface area contributed by atoms with E-state index in [9.17, 15) is 19.2 Å². The number of likely N-dealkylation sites (N-methyl/N-ethyl adjacent to an activating group) is 1. The highest BCUT2D eigenvalue weighted by atomic mass is 16.5. The number of carbonyl (C=O) groups excluding carboxylic acids is 3. The van der Waals surface area contributed by atoms with Gasteiger partial charge in [-0.25, -0.2) is 0 Å². The molecule has 0 radical (unpaired) electrons. The van der Waals surface area contributed by atoms with E-state index in [2.05, 4.69) is 10.3 Å². The molecule has 1 saturated heterocycles. The van der Waals surface area contributed by atoms with Gasteiger partial charge in [-0.15, -0.1) is 0 Å². The predicted octanol–water partition coefficient (Wildman–Crippen LogP) is 3.37. The highest BCUT2D eigenvalue weighted by Crippen LogP contribution is 2.26. The molecule has 0 spiro atoms. The lowest BCUT2D eigenvalue weighted by Crippen LogP contribution is -2.58. The van der Waals surface area contributed by atoms with Gasteiger partial charge in [0.05, 0.1) is 25.3 Å². The molecule has 10 nitrogen and oxygen atoms in total. The summed E-state index contributed by atoms with van der Waals surface area (Å²) in [6.45, 7) is 0.724. The normalized spacial score (nSPS) is 21.2. The summed E-state index contributed by atoms with van der Waals surface area (Å²) in [6.07, 6.45) is 4.55. The maximum Gasteiger partial charge on any atom is 0.261 e. The van der Waals surface area contributed by atoms with Crippen LogP contribution in [0, 0.1) is 0 Å². The second kappa shape index (κ2) is 13.1. The zero-order valence-electron chi connectivity index (χ0n) is 25.0. The predicted molar refractivity (Wildman–Crippen MR) is 164 cm³/mol. The zero-order chi connectivity index (χ0) is 30.6. The Kier molecular flexibility index (Phi) is 8.79. The number of fused-ring (bicyclic) bond motifs is 6. The second-order valence-corrected chi connectivity index (χ2v) is 11.9. The Hall–Kier alpha value is -4.44. The third-order valence-electron chi connectivity index (χ3n) is 8.68. The van der Waals surface area contributed by atoms with Crippen molar-refractivity contribution in [2.45, 2.75) is 63.7 Å². The van der Waals surface area contributed by atoms with E-state index < -0.39 is 6.04 Å². The Labute approximate surface area is 256 Å². The maximum atomic E-state index is 13.6. The summed E-state index contributed by atoms with van der Waals surface area (Å²) in [4.78, 5) is 58.5. The number of nitrogens with zero attached hydrogens (tertiary/aromatic N) is 2. The molecule has 3 aromatic rings. The number of benzene rings is 2. The zero-order valence-corrected chi connectivity index (χ0v) is 25.0. The van der Waals surface area contributed by atoms with Gasteiger partial charge >= 0.3 is 0 Å². The molecule has 0 saturated carbocycles. The van der Waals surface area contributed by atoms with Crippen molar-refractivity contribution in [3.05, 3.63) is 92.9 Å². The van der Waals surface area contributed by atoms with Crippen molar-refractivity contribution in [1.82, 2.24) is 20.1 Å². The van der Waals surface area contributed by atoms with Crippen LogP contribution in [-0.4, -0.2) is 71.3 Å². The lowest BCUT2D eigenvalue weighted by atomic mass is 9.94. The Bertz CT molecular complexity index is 1620. The molecule has 2 atom stereocenters. The number of hydrogen-bond donors (Lipinski definition) is 2. The van der Waals surface area contributed by atoms with Crippen LogP contribution in [0.15, 0.2) is 59.4 Å². The van der Waals surface area contributed by atoms with Crippen LogP contribution in [0.1, 0.15) is 58.4 Å². The first-order chi connectivity index (χ1) is 21.3. The number of carbonyl (C=O) groups is 3. The first-order valence-corrected chi connectivity index (χ1v) is 15.4. The van der Waals surface area contributed by atoms with Crippen molar-refractivity contribution >= 4 is 17.7 Å². The standard InChI is InChI=1S/C34H38N4O6/c1-37-20-31(39)35-29-19-38(34(42)27-18-24-8-2-3-11-28(24)36-33(27)41)15-14-30(29)43-21-23-7-5-10-26(17-23)44-25-9-4-6-22(16-25)12-13-32(37)40/h4-7,9-10,16-18,29-30H,2-3,8,11-15,19-21H2,1H3,(H,35,39)(H,36,41)/t29-,30+/m0/s1. The number of ether oxygens (including phenoxy) is 2. The number of nitrogens with one attached hydrogen (secondary N) is 2. The smallest absolute Gasteiger partial charge is 0.261 e. The Balaban J connectivity index is 1.23. The molecule has 1 aliphatic carbocycles. The quantitative estimate of drug-likeness (QED) is 0.443. The molecule has 3 amide bonds. The van der Waals surface area contributed by atoms with E-state index in [-0.39, 0.29) is 61.1 Å². The average Bonchev–Trinajstić information content (AvgIpc) is 3.02. The van der Waals surface area contributed by atoms with Gasteiger partial charge in [0.15, 0.2) is 0 Å². The number of pyridine rings is 1. The van der Waals surface area contributed by atoms with Crippen LogP contribution in [-0.2, 0) is 40.2 Å². The maximum absolute atomic E-state index is 13.6. The first kappa shape index (κ1) is 29.6. The number of aromatic amines is 1. The fourth-order valence-electron chi connectivity index (χ4n) is 6.26. The van der Waals surface area contributed by atoms with Crippen LogP contribution < -0.4 is 15.6 Å². The summed E-state index contributed by atoms with van der Waals surface area (Å²) in [6, 6.07) is 16.5. The molecule has 0 unspecified atom stereocenters. The number of piperidine rings is 1. The second-order valence-electron chi connectivity index (χ2n) is 11.9. The molecule has 2 aromatic carbocycles. The molecule has 3 aliphatic rings. The number of aryl methyl sites for hydroxylation is 3. The van der Waals surface area contributed by atoms with Crippen molar-refractivity contribution in [2.75, 3.05) is 26.7 Å². The molecule has 44 heavy (non-hydrogen) atoms. The van der Waals surface area contributed by atoms with E-state index >= 15 is 0 Å². The average molecular weight is 599 g/mol. The van der Waals surface area contributed by atoms with Crippen LogP contribution in [0.2, 0.25) is 0 Å². The van der Waals surface area contributed by atoms with Gasteiger partial charge in [-0.2, -0.15) is 0 Å².